The van der Waals surface area contributed by atoms with Crippen molar-refractivity contribution in [1.82, 2.24) is 9.55 Å². The minimum atomic E-state index is -3.15. The number of alkyl halides is 2. The van der Waals surface area contributed by atoms with Gasteiger partial charge in [0, 0.05) is 6.20 Å². The number of aromatic nitrogens is 2. The van der Waals surface area contributed by atoms with Gasteiger partial charge in [0.05, 0.1) is 11.5 Å². The number of rotatable bonds is 2. The summed E-state index contributed by atoms with van der Waals surface area (Å²) in [6, 6.07) is 1.30. The van der Waals surface area contributed by atoms with Gasteiger partial charge in [0.25, 0.3) is 5.92 Å². The van der Waals surface area contributed by atoms with Gasteiger partial charge >= 0.3 is 5.69 Å². The van der Waals surface area contributed by atoms with Crippen LogP contribution in [0.3, 0.4) is 0 Å². The van der Waals surface area contributed by atoms with Crippen LogP contribution in [-0.2, 0) is 4.74 Å². The minimum Gasteiger partial charge on any atom is -0.383 e. The highest BCUT2D eigenvalue weighted by Gasteiger charge is 2.62. The Morgan fingerprint density at radius 2 is 2.21 bits per heavy atom. The van der Waals surface area contributed by atoms with Crippen LogP contribution in [0.15, 0.2) is 17.1 Å². The Kier molecular flexibility index (Phi) is 3.12. The van der Waals surface area contributed by atoms with Crippen LogP contribution in [0.1, 0.15) is 33.4 Å². The molecule has 1 fully saturated rings. The van der Waals surface area contributed by atoms with Gasteiger partial charge in [0.2, 0.25) is 6.23 Å². The standard InChI is InChI=1S/C12H17F2N3O2/c1-4-11(3)7(2)12(13,14)9(19-11)17-6-5-8(15)16-10(17)18/h5-7,9H,4H2,1-3H3,(H2,15,16,18)/t7-,9-,11-/m1/s1. The molecular formula is C12H17F2N3O2. The summed E-state index contributed by atoms with van der Waals surface area (Å²) in [6.07, 6.45) is -0.0255. The van der Waals surface area contributed by atoms with Crippen LogP contribution < -0.4 is 11.4 Å². The highest BCUT2D eigenvalue weighted by molar-refractivity contribution is 5.23. The number of nitrogens with two attached hydrogens (primary N) is 1. The van der Waals surface area contributed by atoms with Crippen molar-refractivity contribution < 1.29 is 13.5 Å². The molecule has 3 atom stereocenters. The molecule has 0 aliphatic carbocycles. The van der Waals surface area contributed by atoms with E-state index in [1.807, 2.05) is 0 Å². The molecule has 0 radical (unpaired) electrons. The van der Waals surface area contributed by atoms with Gasteiger partial charge in [-0.3, -0.25) is 4.57 Å². The average Bonchev–Trinajstić information content (AvgIpc) is 2.51. The monoisotopic (exact) mass is 273 g/mol. The number of hydrogen-bond acceptors (Lipinski definition) is 4. The number of nitrogens with zero attached hydrogens (tertiary/aromatic N) is 2. The lowest BCUT2D eigenvalue weighted by molar-refractivity contribution is -0.134. The van der Waals surface area contributed by atoms with E-state index in [4.69, 9.17) is 10.5 Å². The highest BCUT2D eigenvalue weighted by atomic mass is 19.3. The van der Waals surface area contributed by atoms with E-state index >= 15 is 0 Å². The Balaban J connectivity index is 2.48. The fourth-order valence-corrected chi connectivity index (χ4v) is 2.29. The van der Waals surface area contributed by atoms with Gasteiger partial charge in [0.15, 0.2) is 0 Å². The number of ether oxygens (including phenoxy) is 1. The Morgan fingerprint density at radius 1 is 1.58 bits per heavy atom. The topological polar surface area (TPSA) is 70.1 Å². The normalized spacial score (nSPS) is 33.5. The lowest BCUT2D eigenvalue weighted by Crippen LogP contribution is -2.38. The Bertz CT molecular complexity index is 546. The number of nitrogen functional groups attached to an aromatic ring is 1. The van der Waals surface area contributed by atoms with E-state index in [-0.39, 0.29) is 5.82 Å². The van der Waals surface area contributed by atoms with Crippen LogP contribution in [0.25, 0.3) is 0 Å². The molecule has 7 heteroatoms. The van der Waals surface area contributed by atoms with Gasteiger partial charge in [-0.15, -0.1) is 0 Å². The molecule has 0 amide bonds. The van der Waals surface area contributed by atoms with Crippen LogP contribution in [0.2, 0.25) is 0 Å². The van der Waals surface area contributed by atoms with E-state index < -0.39 is 29.4 Å². The summed E-state index contributed by atoms with van der Waals surface area (Å²) < 4.78 is 34.9. The second kappa shape index (κ2) is 4.26. The Labute approximate surface area is 109 Å². The van der Waals surface area contributed by atoms with Crippen LogP contribution >= 0.6 is 0 Å². The van der Waals surface area contributed by atoms with Crippen molar-refractivity contribution in [1.29, 1.82) is 0 Å². The van der Waals surface area contributed by atoms with Crippen molar-refractivity contribution in [3.05, 3.63) is 22.7 Å². The van der Waals surface area contributed by atoms with E-state index in [2.05, 4.69) is 4.98 Å². The van der Waals surface area contributed by atoms with Crippen molar-refractivity contribution in [3.63, 3.8) is 0 Å². The SMILES string of the molecule is CC[C@@]1(C)O[C@@H](n2ccc(N)nc2=O)C(F)(F)[C@@H]1C. The smallest absolute Gasteiger partial charge is 0.351 e. The number of anilines is 1. The van der Waals surface area contributed by atoms with E-state index in [0.29, 0.717) is 6.42 Å². The summed E-state index contributed by atoms with van der Waals surface area (Å²) in [5.74, 6) is -4.15. The molecule has 0 saturated carbocycles. The van der Waals surface area contributed by atoms with Crippen LogP contribution in [0.4, 0.5) is 14.6 Å². The zero-order chi connectivity index (χ0) is 14.4. The maximum atomic E-state index is 14.3. The molecule has 19 heavy (non-hydrogen) atoms. The first-order chi connectivity index (χ1) is 8.72. The zero-order valence-electron chi connectivity index (χ0n) is 11.1. The van der Waals surface area contributed by atoms with E-state index in [1.165, 1.54) is 19.2 Å². The van der Waals surface area contributed by atoms with E-state index in [0.717, 1.165) is 4.57 Å². The Morgan fingerprint density at radius 3 is 2.68 bits per heavy atom. The third kappa shape index (κ3) is 2.01. The fraction of sp³-hybridized carbons (Fsp3) is 0.667. The van der Waals surface area contributed by atoms with Crippen molar-refractivity contribution in [2.24, 2.45) is 5.92 Å². The molecule has 0 spiro atoms. The third-order valence-corrected chi connectivity index (χ3v) is 4.01. The fourth-order valence-electron chi connectivity index (χ4n) is 2.29. The maximum Gasteiger partial charge on any atom is 0.351 e. The first kappa shape index (κ1) is 13.9. The highest BCUT2D eigenvalue weighted by Crippen LogP contribution is 2.52. The molecule has 2 N–H and O–H groups in total. The molecule has 5 nitrogen and oxygen atoms in total. The van der Waals surface area contributed by atoms with Gasteiger partial charge < -0.3 is 10.5 Å². The van der Waals surface area contributed by atoms with Crippen LogP contribution in [0, 0.1) is 5.92 Å². The van der Waals surface area contributed by atoms with Gasteiger partial charge in [-0.05, 0) is 19.4 Å². The van der Waals surface area contributed by atoms with Crippen molar-refractivity contribution in [2.75, 3.05) is 5.73 Å². The van der Waals surface area contributed by atoms with Gasteiger partial charge in [-0.25, -0.2) is 13.6 Å². The summed E-state index contributed by atoms with van der Waals surface area (Å²) in [4.78, 5) is 15.1. The summed E-state index contributed by atoms with van der Waals surface area (Å²) in [7, 11) is 0. The van der Waals surface area contributed by atoms with Gasteiger partial charge in [-0.2, -0.15) is 4.98 Å². The molecular weight excluding hydrogens is 256 g/mol. The summed E-state index contributed by atoms with van der Waals surface area (Å²) in [5.41, 5.74) is 3.53. The predicted molar refractivity (Wildman–Crippen MR) is 65.8 cm³/mol. The molecule has 1 aliphatic heterocycles. The first-order valence-corrected chi connectivity index (χ1v) is 6.12. The largest absolute Gasteiger partial charge is 0.383 e. The quantitative estimate of drug-likeness (QED) is 0.892. The van der Waals surface area contributed by atoms with E-state index in [9.17, 15) is 13.6 Å². The molecule has 1 aromatic heterocycles. The molecule has 2 rings (SSSR count). The number of hydrogen-bond donors (Lipinski definition) is 1. The third-order valence-electron chi connectivity index (χ3n) is 4.01. The van der Waals surface area contributed by atoms with Gasteiger partial charge in [-0.1, -0.05) is 13.8 Å². The second-order valence-electron chi connectivity index (χ2n) is 5.07. The molecule has 2 heterocycles. The molecule has 0 unspecified atom stereocenters. The van der Waals surface area contributed by atoms with Crippen LogP contribution in [-0.4, -0.2) is 21.1 Å². The summed E-state index contributed by atoms with van der Waals surface area (Å²) >= 11 is 0. The van der Waals surface area contributed by atoms with Gasteiger partial charge in [0.1, 0.15) is 5.82 Å². The number of halogens is 2. The first-order valence-electron chi connectivity index (χ1n) is 6.12. The van der Waals surface area contributed by atoms with Crippen LogP contribution in [0.5, 0.6) is 0 Å². The van der Waals surface area contributed by atoms with Crippen molar-refractivity contribution in [3.8, 4) is 0 Å². The zero-order valence-corrected chi connectivity index (χ0v) is 11.1. The lowest BCUT2D eigenvalue weighted by atomic mass is 9.86. The molecule has 1 saturated heterocycles. The molecule has 106 valence electrons. The molecule has 0 aromatic carbocycles. The molecule has 1 aromatic rings. The van der Waals surface area contributed by atoms with E-state index in [1.54, 1.807) is 13.8 Å². The Hall–Kier alpha value is -1.50. The van der Waals surface area contributed by atoms with Crippen molar-refractivity contribution >= 4 is 5.82 Å². The maximum absolute atomic E-state index is 14.3. The molecule has 1 aliphatic rings. The second-order valence-corrected chi connectivity index (χ2v) is 5.07. The molecule has 0 bridgehead atoms. The summed E-state index contributed by atoms with van der Waals surface area (Å²) in [6.45, 7) is 4.83. The summed E-state index contributed by atoms with van der Waals surface area (Å²) in [5, 5.41) is 0. The lowest BCUT2D eigenvalue weighted by Gasteiger charge is -2.26. The van der Waals surface area contributed by atoms with Crippen molar-refractivity contribution in [2.45, 2.75) is 44.9 Å². The minimum absolute atomic E-state index is 0.00568. The predicted octanol–water partition coefficient (Wildman–Crippen LogP) is 1.79. The average molecular weight is 273 g/mol.